The van der Waals surface area contributed by atoms with Crippen LogP contribution in [0, 0.1) is 52.3 Å². The normalized spacial score (nSPS) is 42.5. The van der Waals surface area contributed by atoms with Crippen molar-refractivity contribution >= 4 is 6.16 Å². The summed E-state index contributed by atoms with van der Waals surface area (Å²) in [7, 11) is 0. The Bertz CT molecular complexity index is 718. The Morgan fingerprint density at radius 2 is 1.60 bits per heavy atom. The second-order valence-corrected chi connectivity index (χ2v) is 14.3. The predicted octanol–water partition coefficient (Wildman–Crippen LogP) is 9.43. The molecule has 4 aliphatic carbocycles. The summed E-state index contributed by atoms with van der Waals surface area (Å²) >= 11 is 0. The van der Waals surface area contributed by atoms with Crippen LogP contribution in [-0.4, -0.2) is 18.4 Å². The zero-order chi connectivity index (χ0) is 25.4. The average molecular weight is 489 g/mol. The van der Waals surface area contributed by atoms with E-state index in [4.69, 9.17) is 9.47 Å². The molecule has 3 heteroatoms. The minimum absolute atomic E-state index is 0.0533. The summed E-state index contributed by atoms with van der Waals surface area (Å²) in [5, 5.41) is 0. The van der Waals surface area contributed by atoms with Gasteiger partial charge in [0.1, 0.15) is 12.2 Å². The zero-order valence-electron chi connectivity index (χ0n) is 24.1. The molecule has 4 rings (SSSR count). The molecule has 35 heavy (non-hydrogen) atoms. The molecule has 10 atom stereocenters. The number of rotatable bonds is 8. The van der Waals surface area contributed by atoms with Crippen molar-refractivity contribution in [3.8, 4) is 0 Å². The molecule has 0 aromatic rings. The maximum atomic E-state index is 12.2. The summed E-state index contributed by atoms with van der Waals surface area (Å²) in [6.45, 7) is 16.6. The third-order valence-electron chi connectivity index (χ3n) is 12.0. The summed E-state index contributed by atoms with van der Waals surface area (Å²) in [6, 6.07) is 0. The molecule has 4 aliphatic rings. The van der Waals surface area contributed by atoms with Gasteiger partial charge in [-0.15, -0.1) is 0 Å². The van der Waals surface area contributed by atoms with Gasteiger partial charge in [0.05, 0.1) is 0 Å². The Morgan fingerprint density at radius 3 is 2.31 bits per heavy atom. The van der Waals surface area contributed by atoms with E-state index in [9.17, 15) is 4.79 Å². The van der Waals surface area contributed by atoms with Crippen molar-refractivity contribution < 1.29 is 14.3 Å². The molecular formula is C32H56O3. The Hall–Kier alpha value is -0.730. The molecule has 0 amide bonds. The highest BCUT2D eigenvalue weighted by molar-refractivity contribution is 5.60. The molecule has 0 bridgehead atoms. The fraction of sp³-hybridized carbons (Fsp3) is 0.969. The van der Waals surface area contributed by atoms with Crippen molar-refractivity contribution in [1.82, 2.24) is 0 Å². The first-order valence-electron chi connectivity index (χ1n) is 15.5. The van der Waals surface area contributed by atoms with Crippen LogP contribution in [0.2, 0.25) is 0 Å². The van der Waals surface area contributed by atoms with E-state index < -0.39 is 6.16 Å². The topological polar surface area (TPSA) is 35.5 Å². The number of fused-ring (bicyclic) bond motifs is 5. The van der Waals surface area contributed by atoms with Crippen LogP contribution < -0.4 is 0 Å². The molecule has 0 aromatic carbocycles. The SMILES string of the molecule is CCC(C)OC(=O)OC1CCC2(C)C(CCC3C2CCC2(C)C(C(C)CCCC(C)C)CCC32)C1. The number of carbonyl (C=O) groups is 1. The minimum atomic E-state index is -0.449. The van der Waals surface area contributed by atoms with Gasteiger partial charge < -0.3 is 9.47 Å². The molecular weight excluding hydrogens is 432 g/mol. The molecule has 0 spiro atoms. The lowest BCUT2D eigenvalue weighted by Gasteiger charge is -2.61. The number of hydrogen-bond donors (Lipinski definition) is 0. The first-order chi connectivity index (χ1) is 16.6. The van der Waals surface area contributed by atoms with Gasteiger partial charge >= 0.3 is 6.16 Å². The first kappa shape index (κ1) is 27.3. The fourth-order valence-electron chi connectivity index (χ4n) is 9.76. The van der Waals surface area contributed by atoms with Gasteiger partial charge in [0.25, 0.3) is 0 Å². The highest BCUT2D eigenvalue weighted by atomic mass is 16.7. The Morgan fingerprint density at radius 1 is 0.886 bits per heavy atom. The Balaban J connectivity index is 1.37. The average Bonchev–Trinajstić information content (AvgIpc) is 3.16. The summed E-state index contributed by atoms with van der Waals surface area (Å²) in [4.78, 5) is 12.2. The van der Waals surface area contributed by atoms with E-state index in [1.807, 2.05) is 13.8 Å². The lowest BCUT2D eigenvalue weighted by molar-refractivity contribution is -0.133. The van der Waals surface area contributed by atoms with Crippen LogP contribution in [0.1, 0.15) is 132 Å². The van der Waals surface area contributed by atoms with E-state index in [2.05, 4.69) is 34.6 Å². The van der Waals surface area contributed by atoms with E-state index in [-0.39, 0.29) is 12.2 Å². The molecule has 10 unspecified atom stereocenters. The largest absolute Gasteiger partial charge is 0.508 e. The van der Waals surface area contributed by atoms with Gasteiger partial charge in [-0.25, -0.2) is 4.79 Å². The molecule has 0 saturated heterocycles. The molecule has 4 saturated carbocycles. The number of carbonyl (C=O) groups excluding carboxylic acids is 1. The van der Waals surface area contributed by atoms with Gasteiger partial charge in [-0.05, 0) is 123 Å². The van der Waals surface area contributed by atoms with Crippen LogP contribution in [0.5, 0.6) is 0 Å². The maximum absolute atomic E-state index is 12.2. The number of hydrogen-bond acceptors (Lipinski definition) is 3. The molecule has 0 N–H and O–H groups in total. The summed E-state index contributed by atoms with van der Waals surface area (Å²) in [5.74, 6) is 6.11. The van der Waals surface area contributed by atoms with Crippen molar-refractivity contribution in [3.63, 3.8) is 0 Å². The molecule has 202 valence electrons. The quantitative estimate of drug-likeness (QED) is 0.319. The molecule has 4 fully saturated rings. The molecule has 0 aliphatic heterocycles. The van der Waals surface area contributed by atoms with Crippen molar-refractivity contribution in [3.05, 3.63) is 0 Å². The second kappa shape index (κ2) is 10.9. The van der Waals surface area contributed by atoms with Gasteiger partial charge in [-0.1, -0.05) is 60.8 Å². The number of ether oxygens (including phenoxy) is 2. The first-order valence-corrected chi connectivity index (χ1v) is 15.5. The summed E-state index contributed by atoms with van der Waals surface area (Å²) < 4.78 is 11.2. The molecule has 0 radical (unpaired) electrons. The van der Waals surface area contributed by atoms with Crippen LogP contribution in [-0.2, 0) is 9.47 Å². The van der Waals surface area contributed by atoms with Gasteiger partial charge in [0.2, 0.25) is 0 Å². The van der Waals surface area contributed by atoms with Gasteiger partial charge in [-0.2, -0.15) is 0 Å². The van der Waals surface area contributed by atoms with E-state index in [1.54, 1.807) is 0 Å². The van der Waals surface area contributed by atoms with E-state index >= 15 is 0 Å². The van der Waals surface area contributed by atoms with Crippen molar-refractivity contribution in [2.45, 2.75) is 144 Å². The van der Waals surface area contributed by atoms with Crippen LogP contribution in [0.4, 0.5) is 4.79 Å². The Labute approximate surface area is 216 Å². The smallest absolute Gasteiger partial charge is 0.431 e. The Kier molecular flexibility index (Phi) is 8.54. The molecule has 0 heterocycles. The van der Waals surface area contributed by atoms with Crippen molar-refractivity contribution in [2.75, 3.05) is 0 Å². The summed E-state index contributed by atoms with van der Waals surface area (Å²) in [5.41, 5.74) is 1.01. The lowest BCUT2D eigenvalue weighted by atomic mass is 9.44. The highest BCUT2D eigenvalue weighted by Crippen LogP contribution is 2.68. The second-order valence-electron chi connectivity index (χ2n) is 14.3. The standard InChI is InChI=1S/C32H56O3/c1-8-23(5)34-30(33)35-25-16-18-31(6)24(20-25)12-13-26-28-15-14-27(22(4)11-9-10-21(2)3)32(28,7)19-17-29(26)31/h21-29H,8-20H2,1-7H3. The zero-order valence-corrected chi connectivity index (χ0v) is 24.1. The van der Waals surface area contributed by atoms with Crippen molar-refractivity contribution in [2.24, 2.45) is 52.3 Å². The summed E-state index contributed by atoms with van der Waals surface area (Å²) in [6.07, 6.45) is 16.5. The van der Waals surface area contributed by atoms with E-state index in [0.717, 1.165) is 54.8 Å². The van der Waals surface area contributed by atoms with Crippen LogP contribution >= 0.6 is 0 Å². The fourth-order valence-corrected chi connectivity index (χ4v) is 9.76. The lowest BCUT2D eigenvalue weighted by Crippen LogP contribution is -2.54. The minimum Gasteiger partial charge on any atom is -0.431 e. The van der Waals surface area contributed by atoms with E-state index in [0.29, 0.717) is 16.7 Å². The van der Waals surface area contributed by atoms with Gasteiger partial charge in [0, 0.05) is 0 Å². The predicted molar refractivity (Wildman–Crippen MR) is 144 cm³/mol. The highest BCUT2D eigenvalue weighted by Gasteiger charge is 2.60. The van der Waals surface area contributed by atoms with Crippen LogP contribution in [0.15, 0.2) is 0 Å². The van der Waals surface area contributed by atoms with Crippen LogP contribution in [0.3, 0.4) is 0 Å². The molecule has 3 nitrogen and oxygen atoms in total. The monoisotopic (exact) mass is 488 g/mol. The maximum Gasteiger partial charge on any atom is 0.508 e. The van der Waals surface area contributed by atoms with E-state index in [1.165, 1.54) is 64.2 Å². The van der Waals surface area contributed by atoms with Crippen molar-refractivity contribution in [1.29, 1.82) is 0 Å². The van der Waals surface area contributed by atoms with Gasteiger partial charge in [0.15, 0.2) is 0 Å². The third kappa shape index (κ3) is 5.45. The molecule has 0 aromatic heterocycles. The van der Waals surface area contributed by atoms with Crippen LogP contribution in [0.25, 0.3) is 0 Å². The third-order valence-corrected chi connectivity index (χ3v) is 12.0. The van der Waals surface area contributed by atoms with Gasteiger partial charge in [-0.3, -0.25) is 0 Å².